The van der Waals surface area contributed by atoms with Crippen LogP contribution in [0.5, 0.6) is 0 Å². The van der Waals surface area contributed by atoms with Crippen LogP contribution in [0.15, 0.2) is 24.3 Å². The van der Waals surface area contributed by atoms with Crippen LogP contribution in [-0.4, -0.2) is 37.2 Å². The lowest BCUT2D eigenvalue weighted by molar-refractivity contribution is 0.0564. The first kappa shape index (κ1) is 11.9. The first-order valence-electron chi connectivity index (χ1n) is 6.02. The van der Waals surface area contributed by atoms with Gasteiger partial charge in [-0.2, -0.15) is 0 Å². The van der Waals surface area contributed by atoms with Crippen LogP contribution in [0, 0.1) is 0 Å². The molecule has 1 aliphatic rings. The molecule has 0 aliphatic carbocycles. The minimum Gasteiger partial charge on any atom is -0.378 e. The smallest absolute Gasteiger partial charge is 0.321 e. The lowest BCUT2D eigenvalue weighted by atomic mass is 10.1. The van der Waals surface area contributed by atoms with Crippen molar-refractivity contribution in [3.8, 4) is 0 Å². The SMILES string of the molecule is CCc1ccc(NC(=O)N2CCOCC2)cc1. The number of morpholine rings is 1. The molecule has 1 N–H and O–H groups in total. The van der Waals surface area contributed by atoms with Crippen molar-refractivity contribution in [1.29, 1.82) is 0 Å². The molecule has 17 heavy (non-hydrogen) atoms. The highest BCUT2D eigenvalue weighted by Crippen LogP contribution is 2.11. The number of aryl methyl sites for hydroxylation is 1. The largest absolute Gasteiger partial charge is 0.378 e. The van der Waals surface area contributed by atoms with Crippen LogP contribution in [0.1, 0.15) is 12.5 Å². The summed E-state index contributed by atoms with van der Waals surface area (Å²) in [5, 5.41) is 2.89. The lowest BCUT2D eigenvalue weighted by Crippen LogP contribution is -2.43. The van der Waals surface area contributed by atoms with Crippen molar-refractivity contribution >= 4 is 11.7 Å². The van der Waals surface area contributed by atoms with Gasteiger partial charge in [0.2, 0.25) is 0 Å². The summed E-state index contributed by atoms with van der Waals surface area (Å²) in [5.41, 5.74) is 2.12. The molecule has 2 amide bonds. The van der Waals surface area contributed by atoms with Gasteiger partial charge in [0.05, 0.1) is 13.2 Å². The third-order valence-electron chi connectivity index (χ3n) is 2.91. The summed E-state index contributed by atoms with van der Waals surface area (Å²) in [6.07, 6.45) is 1.01. The highest BCUT2D eigenvalue weighted by Gasteiger charge is 2.16. The summed E-state index contributed by atoms with van der Waals surface area (Å²) in [7, 11) is 0. The number of anilines is 1. The Morgan fingerprint density at radius 2 is 1.94 bits per heavy atom. The highest BCUT2D eigenvalue weighted by molar-refractivity contribution is 5.89. The van der Waals surface area contributed by atoms with E-state index in [-0.39, 0.29) is 6.03 Å². The first-order chi connectivity index (χ1) is 8.29. The Hall–Kier alpha value is -1.55. The molecule has 1 heterocycles. The number of hydrogen-bond donors (Lipinski definition) is 1. The molecule has 4 heteroatoms. The fourth-order valence-electron chi connectivity index (χ4n) is 1.79. The summed E-state index contributed by atoms with van der Waals surface area (Å²) < 4.78 is 5.21. The molecule has 1 aromatic carbocycles. The minimum atomic E-state index is -0.0439. The van der Waals surface area contributed by atoms with Crippen LogP contribution in [0.4, 0.5) is 10.5 Å². The normalized spacial score (nSPS) is 15.7. The third kappa shape index (κ3) is 3.20. The van der Waals surface area contributed by atoms with Gasteiger partial charge in [-0.3, -0.25) is 0 Å². The van der Waals surface area contributed by atoms with Crippen molar-refractivity contribution in [2.75, 3.05) is 31.6 Å². The van der Waals surface area contributed by atoms with Crippen LogP contribution in [0.25, 0.3) is 0 Å². The highest BCUT2D eigenvalue weighted by atomic mass is 16.5. The average Bonchev–Trinajstić information content (AvgIpc) is 2.40. The van der Waals surface area contributed by atoms with E-state index in [4.69, 9.17) is 4.74 Å². The summed E-state index contributed by atoms with van der Waals surface area (Å²) in [6.45, 7) is 4.70. The summed E-state index contributed by atoms with van der Waals surface area (Å²) in [6, 6.07) is 7.91. The van der Waals surface area contributed by atoms with Crippen molar-refractivity contribution in [3.63, 3.8) is 0 Å². The van der Waals surface area contributed by atoms with Crippen LogP contribution in [-0.2, 0) is 11.2 Å². The number of carbonyl (C=O) groups excluding carboxylic acids is 1. The Kier molecular flexibility index (Phi) is 3.98. The van der Waals surface area contributed by atoms with Crippen LogP contribution in [0.2, 0.25) is 0 Å². The van der Waals surface area contributed by atoms with Crippen molar-refractivity contribution in [3.05, 3.63) is 29.8 Å². The molecule has 2 rings (SSSR count). The van der Waals surface area contributed by atoms with Crippen molar-refractivity contribution in [1.82, 2.24) is 4.90 Å². The second kappa shape index (κ2) is 5.68. The molecule has 0 unspecified atom stereocenters. The topological polar surface area (TPSA) is 41.6 Å². The van der Waals surface area contributed by atoms with Gasteiger partial charge in [-0.05, 0) is 24.1 Å². The maximum absolute atomic E-state index is 11.9. The van der Waals surface area contributed by atoms with E-state index in [9.17, 15) is 4.79 Å². The molecule has 1 aliphatic heterocycles. The molecule has 0 saturated carbocycles. The molecular formula is C13H18N2O2. The van der Waals surface area contributed by atoms with E-state index < -0.39 is 0 Å². The Morgan fingerprint density at radius 1 is 1.29 bits per heavy atom. The molecule has 0 atom stereocenters. The van der Waals surface area contributed by atoms with E-state index in [0.29, 0.717) is 26.3 Å². The van der Waals surface area contributed by atoms with E-state index >= 15 is 0 Å². The molecule has 92 valence electrons. The Balaban J connectivity index is 1.92. The number of rotatable bonds is 2. The number of amides is 2. The summed E-state index contributed by atoms with van der Waals surface area (Å²) in [5.74, 6) is 0. The molecule has 1 fully saturated rings. The number of nitrogens with zero attached hydrogens (tertiary/aromatic N) is 1. The van der Waals surface area contributed by atoms with Crippen LogP contribution >= 0.6 is 0 Å². The van der Waals surface area contributed by atoms with Gasteiger partial charge in [0.15, 0.2) is 0 Å². The number of hydrogen-bond acceptors (Lipinski definition) is 2. The summed E-state index contributed by atoms with van der Waals surface area (Å²) >= 11 is 0. The molecule has 1 saturated heterocycles. The maximum Gasteiger partial charge on any atom is 0.321 e. The molecule has 0 radical (unpaired) electrons. The number of nitrogens with one attached hydrogen (secondary N) is 1. The van der Waals surface area contributed by atoms with Gasteiger partial charge in [0.25, 0.3) is 0 Å². The quantitative estimate of drug-likeness (QED) is 0.851. The maximum atomic E-state index is 11.9. The second-order valence-corrected chi connectivity index (χ2v) is 4.08. The van der Waals surface area contributed by atoms with Crippen molar-refractivity contribution in [2.24, 2.45) is 0 Å². The van der Waals surface area contributed by atoms with E-state index in [1.165, 1.54) is 5.56 Å². The van der Waals surface area contributed by atoms with Gasteiger partial charge in [-0.1, -0.05) is 19.1 Å². The van der Waals surface area contributed by atoms with Gasteiger partial charge in [0.1, 0.15) is 0 Å². The zero-order valence-electron chi connectivity index (χ0n) is 10.1. The third-order valence-corrected chi connectivity index (χ3v) is 2.91. The predicted octanol–water partition coefficient (Wildman–Crippen LogP) is 2.11. The Morgan fingerprint density at radius 3 is 2.53 bits per heavy atom. The molecule has 1 aromatic rings. The lowest BCUT2D eigenvalue weighted by Gasteiger charge is -2.26. The number of ether oxygens (including phenoxy) is 1. The van der Waals surface area contributed by atoms with Crippen LogP contribution in [0.3, 0.4) is 0 Å². The monoisotopic (exact) mass is 234 g/mol. The standard InChI is InChI=1S/C13H18N2O2/c1-2-11-3-5-12(6-4-11)14-13(16)15-7-9-17-10-8-15/h3-6H,2,7-10H2,1H3,(H,14,16). The van der Waals surface area contributed by atoms with E-state index in [1.807, 2.05) is 24.3 Å². The first-order valence-corrected chi connectivity index (χ1v) is 6.02. The average molecular weight is 234 g/mol. The predicted molar refractivity (Wildman–Crippen MR) is 67.2 cm³/mol. The minimum absolute atomic E-state index is 0.0439. The number of carbonyl (C=O) groups is 1. The Bertz CT molecular complexity index is 370. The van der Waals surface area contributed by atoms with Gasteiger partial charge >= 0.3 is 6.03 Å². The summed E-state index contributed by atoms with van der Waals surface area (Å²) in [4.78, 5) is 13.7. The van der Waals surface area contributed by atoms with Crippen molar-refractivity contribution in [2.45, 2.75) is 13.3 Å². The molecule has 0 bridgehead atoms. The van der Waals surface area contributed by atoms with Gasteiger partial charge < -0.3 is 15.0 Å². The number of benzene rings is 1. The van der Waals surface area contributed by atoms with Crippen LogP contribution < -0.4 is 5.32 Å². The molecule has 0 spiro atoms. The number of urea groups is 1. The van der Waals surface area contributed by atoms with Gasteiger partial charge in [-0.25, -0.2) is 4.79 Å². The van der Waals surface area contributed by atoms with Gasteiger partial charge in [-0.15, -0.1) is 0 Å². The zero-order chi connectivity index (χ0) is 12.1. The molecule has 0 aromatic heterocycles. The molecule has 4 nitrogen and oxygen atoms in total. The van der Waals surface area contributed by atoms with Gasteiger partial charge in [0, 0.05) is 18.8 Å². The van der Waals surface area contributed by atoms with Crippen molar-refractivity contribution < 1.29 is 9.53 Å². The fraction of sp³-hybridized carbons (Fsp3) is 0.462. The zero-order valence-corrected chi connectivity index (χ0v) is 10.1. The fourth-order valence-corrected chi connectivity index (χ4v) is 1.79. The van der Waals surface area contributed by atoms with E-state index in [2.05, 4.69) is 12.2 Å². The van der Waals surface area contributed by atoms with E-state index in [1.54, 1.807) is 4.90 Å². The second-order valence-electron chi connectivity index (χ2n) is 4.08. The van der Waals surface area contributed by atoms with E-state index in [0.717, 1.165) is 12.1 Å². The molecular weight excluding hydrogens is 216 g/mol. The Labute approximate surface area is 102 Å².